The van der Waals surface area contributed by atoms with Gasteiger partial charge in [-0.15, -0.1) is 0 Å². The van der Waals surface area contributed by atoms with Crippen LogP contribution in [0.3, 0.4) is 0 Å². The van der Waals surface area contributed by atoms with E-state index < -0.39 is 11.6 Å². The van der Waals surface area contributed by atoms with Gasteiger partial charge in [0, 0.05) is 23.4 Å². The van der Waals surface area contributed by atoms with Crippen LogP contribution in [0.4, 0.5) is 8.78 Å². The lowest BCUT2D eigenvalue weighted by Crippen LogP contribution is -2.38. The molecule has 1 heterocycles. The molecule has 1 aliphatic heterocycles. The maximum Gasteiger partial charge on any atom is 0.126 e. The van der Waals surface area contributed by atoms with Crippen LogP contribution in [0.2, 0.25) is 0 Å². The summed E-state index contributed by atoms with van der Waals surface area (Å²) in [5.74, 6) is 1.34. The highest BCUT2D eigenvalue weighted by atomic mass is 32.2. The van der Waals surface area contributed by atoms with Gasteiger partial charge in [0.05, 0.1) is 0 Å². The molecule has 0 spiro atoms. The van der Waals surface area contributed by atoms with Crippen molar-refractivity contribution in [1.29, 1.82) is 0 Å². The summed E-state index contributed by atoms with van der Waals surface area (Å²) in [4.78, 5) is 0. The molecule has 1 atom stereocenters. The summed E-state index contributed by atoms with van der Waals surface area (Å²) < 4.78 is 26.5. The summed E-state index contributed by atoms with van der Waals surface area (Å²) in [6.45, 7) is 0. The Labute approximate surface area is 104 Å². The number of nitrogens with one attached hydrogen (secondary N) is 1. The lowest BCUT2D eigenvalue weighted by atomic mass is 10.0. The predicted octanol–water partition coefficient (Wildman–Crippen LogP) is 3.05. The largest absolute Gasteiger partial charge is 0.304 e. The van der Waals surface area contributed by atoms with E-state index in [0.29, 0.717) is 6.04 Å². The van der Waals surface area contributed by atoms with Crippen LogP contribution in [0.15, 0.2) is 18.2 Å². The van der Waals surface area contributed by atoms with Crippen LogP contribution in [0.5, 0.6) is 0 Å². The molecule has 0 bridgehead atoms. The lowest BCUT2D eigenvalue weighted by Gasteiger charge is -2.22. The van der Waals surface area contributed by atoms with Crippen molar-refractivity contribution in [3.8, 4) is 0 Å². The molecule has 0 amide bonds. The van der Waals surface area contributed by atoms with Crippen molar-refractivity contribution in [2.24, 2.45) is 0 Å². The highest BCUT2D eigenvalue weighted by Crippen LogP contribution is 2.47. The molecular formula is C13H15F2NS. The standard InChI is InChI=1S/C13H15F2NS/c14-10-5-9(6-11(15)7-10)13(2-3-13)16-12-1-4-17-8-12/h5-7,12,16H,1-4,8H2/t12-/m0/s1. The predicted molar refractivity (Wildman–Crippen MR) is 66.1 cm³/mol. The third-order valence-electron chi connectivity index (χ3n) is 3.58. The smallest absolute Gasteiger partial charge is 0.126 e. The van der Waals surface area contributed by atoms with Crippen molar-refractivity contribution in [3.05, 3.63) is 35.4 Å². The normalized spacial score (nSPS) is 26.1. The molecule has 2 fully saturated rings. The van der Waals surface area contributed by atoms with Gasteiger partial charge in [-0.3, -0.25) is 0 Å². The van der Waals surface area contributed by atoms with E-state index in [0.717, 1.165) is 36.6 Å². The van der Waals surface area contributed by atoms with E-state index in [9.17, 15) is 8.78 Å². The van der Waals surface area contributed by atoms with Gasteiger partial charge in [-0.2, -0.15) is 11.8 Å². The van der Waals surface area contributed by atoms with Gasteiger partial charge in [0.15, 0.2) is 0 Å². The highest BCUT2D eigenvalue weighted by Gasteiger charge is 2.46. The molecular weight excluding hydrogens is 240 g/mol. The second-order valence-electron chi connectivity index (χ2n) is 4.95. The van der Waals surface area contributed by atoms with Crippen molar-refractivity contribution in [1.82, 2.24) is 5.32 Å². The number of benzene rings is 1. The van der Waals surface area contributed by atoms with Crippen LogP contribution in [0.25, 0.3) is 0 Å². The second kappa shape index (κ2) is 4.25. The Morgan fingerprint density at radius 2 is 1.88 bits per heavy atom. The summed E-state index contributed by atoms with van der Waals surface area (Å²) in [6, 6.07) is 4.36. The summed E-state index contributed by atoms with van der Waals surface area (Å²) in [5, 5.41) is 3.58. The zero-order valence-corrected chi connectivity index (χ0v) is 10.3. The third-order valence-corrected chi connectivity index (χ3v) is 4.74. The second-order valence-corrected chi connectivity index (χ2v) is 6.09. The third kappa shape index (κ3) is 2.33. The first-order valence-electron chi connectivity index (χ1n) is 6.00. The first kappa shape index (κ1) is 11.5. The number of rotatable bonds is 3. The molecule has 1 saturated heterocycles. The van der Waals surface area contributed by atoms with E-state index in [4.69, 9.17) is 0 Å². The molecule has 1 aromatic rings. The quantitative estimate of drug-likeness (QED) is 0.891. The summed E-state index contributed by atoms with van der Waals surface area (Å²) in [7, 11) is 0. The zero-order chi connectivity index (χ0) is 11.9. The van der Waals surface area contributed by atoms with Gasteiger partial charge in [-0.05, 0) is 42.7 Å². The molecule has 92 valence electrons. The minimum absolute atomic E-state index is 0.154. The minimum Gasteiger partial charge on any atom is -0.304 e. The monoisotopic (exact) mass is 255 g/mol. The first-order chi connectivity index (χ1) is 8.18. The van der Waals surface area contributed by atoms with Gasteiger partial charge in [0.2, 0.25) is 0 Å². The fourth-order valence-corrected chi connectivity index (χ4v) is 3.66. The van der Waals surface area contributed by atoms with Crippen molar-refractivity contribution in [2.75, 3.05) is 11.5 Å². The van der Waals surface area contributed by atoms with Crippen molar-refractivity contribution < 1.29 is 8.78 Å². The average Bonchev–Trinajstić information content (AvgIpc) is 2.85. The Balaban J connectivity index is 1.81. The maximum absolute atomic E-state index is 13.2. The molecule has 4 heteroatoms. The van der Waals surface area contributed by atoms with Crippen LogP contribution in [-0.4, -0.2) is 17.5 Å². The fourth-order valence-electron chi connectivity index (χ4n) is 2.51. The van der Waals surface area contributed by atoms with E-state index >= 15 is 0 Å². The average molecular weight is 255 g/mol. The number of hydrogen-bond acceptors (Lipinski definition) is 2. The summed E-state index contributed by atoms with van der Waals surface area (Å²) in [6.07, 6.45) is 3.12. The molecule has 17 heavy (non-hydrogen) atoms. The minimum atomic E-state index is -0.478. The zero-order valence-electron chi connectivity index (χ0n) is 9.51. The molecule has 2 aliphatic rings. The Bertz CT molecular complexity index is 405. The van der Waals surface area contributed by atoms with E-state index in [2.05, 4.69) is 5.32 Å². The first-order valence-corrected chi connectivity index (χ1v) is 7.15. The Kier molecular flexibility index (Phi) is 2.87. The topological polar surface area (TPSA) is 12.0 Å². The maximum atomic E-state index is 13.2. The molecule has 1 nitrogen and oxygen atoms in total. The molecule has 3 rings (SSSR count). The van der Waals surface area contributed by atoms with Gasteiger partial charge in [0.25, 0.3) is 0 Å². The van der Waals surface area contributed by atoms with E-state index in [1.165, 1.54) is 17.9 Å². The molecule has 1 aromatic carbocycles. The molecule has 1 aliphatic carbocycles. The van der Waals surface area contributed by atoms with Crippen LogP contribution < -0.4 is 5.32 Å². The SMILES string of the molecule is Fc1cc(F)cc(C2(N[C@H]3CCSC3)CC2)c1. The van der Waals surface area contributed by atoms with Gasteiger partial charge < -0.3 is 5.32 Å². The van der Waals surface area contributed by atoms with Crippen LogP contribution in [0.1, 0.15) is 24.8 Å². The molecule has 0 aromatic heterocycles. The fraction of sp³-hybridized carbons (Fsp3) is 0.538. The van der Waals surface area contributed by atoms with Crippen molar-refractivity contribution in [3.63, 3.8) is 0 Å². The summed E-state index contributed by atoms with van der Waals surface area (Å²) >= 11 is 1.94. The Morgan fingerprint density at radius 3 is 2.41 bits per heavy atom. The number of thioether (sulfide) groups is 1. The van der Waals surface area contributed by atoms with E-state index in [1.807, 2.05) is 11.8 Å². The number of halogens is 2. The van der Waals surface area contributed by atoms with Gasteiger partial charge in [-0.25, -0.2) is 8.78 Å². The molecule has 0 radical (unpaired) electrons. The van der Waals surface area contributed by atoms with Crippen molar-refractivity contribution in [2.45, 2.75) is 30.8 Å². The van der Waals surface area contributed by atoms with Gasteiger partial charge in [-0.1, -0.05) is 0 Å². The Morgan fingerprint density at radius 1 is 1.18 bits per heavy atom. The van der Waals surface area contributed by atoms with E-state index in [-0.39, 0.29) is 5.54 Å². The van der Waals surface area contributed by atoms with Crippen LogP contribution >= 0.6 is 11.8 Å². The molecule has 0 unspecified atom stereocenters. The highest BCUT2D eigenvalue weighted by molar-refractivity contribution is 7.99. The lowest BCUT2D eigenvalue weighted by molar-refractivity contribution is 0.440. The van der Waals surface area contributed by atoms with Crippen LogP contribution in [-0.2, 0) is 5.54 Å². The molecule has 1 saturated carbocycles. The van der Waals surface area contributed by atoms with Crippen LogP contribution in [0, 0.1) is 11.6 Å². The summed E-state index contributed by atoms with van der Waals surface area (Å²) in [5.41, 5.74) is 0.616. The van der Waals surface area contributed by atoms with Gasteiger partial charge >= 0.3 is 0 Å². The Hall–Kier alpha value is -0.610. The van der Waals surface area contributed by atoms with E-state index in [1.54, 1.807) is 0 Å². The van der Waals surface area contributed by atoms with Crippen molar-refractivity contribution >= 4 is 11.8 Å². The number of hydrogen-bond donors (Lipinski definition) is 1. The van der Waals surface area contributed by atoms with Gasteiger partial charge in [0.1, 0.15) is 11.6 Å². The molecule has 1 N–H and O–H groups in total.